The molecule has 0 aliphatic rings. The first kappa shape index (κ1) is 17.9. The molecule has 0 atom stereocenters. The van der Waals surface area contributed by atoms with Gasteiger partial charge in [-0.1, -0.05) is 28.1 Å². The van der Waals surface area contributed by atoms with E-state index in [0.29, 0.717) is 25.2 Å². The van der Waals surface area contributed by atoms with Gasteiger partial charge in [-0.15, -0.1) is 0 Å². The summed E-state index contributed by atoms with van der Waals surface area (Å²) in [6.45, 7) is 0.728. The Morgan fingerprint density at radius 3 is 2.33 bits per heavy atom. The third-order valence-corrected chi connectivity index (χ3v) is 3.67. The molecule has 0 aliphatic heterocycles. The molecule has 2 rings (SSSR count). The number of hydrogen-bond acceptors (Lipinski definition) is 2. The normalized spacial score (nSPS) is 10.1. The van der Waals surface area contributed by atoms with Crippen LogP contribution < -0.4 is 16.0 Å². The van der Waals surface area contributed by atoms with Crippen LogP contribution in [0.1, 0.15) is 16.8 Å². The van der Waals surface area contributed by atoms with Gasteiger partial charge in [0.2, 0.25) is 0 Å². The second-order valence-corrected chi connectivity index (χ2v) is 5.89. The van der Waals surface area contributed by atoms with Gasteiger partial charge in [0.15, 0.2) is 0 Å². The molecule has 2 aromatic carbocycles. The number of benzene rings is 2. The average molecular weight is 394 g/mol. The fraction of sp³-hybridized carbons (Fsp3) is 0.176. The first-order valence-electron chi connectivity index (χ1n) is 7.39. The van der Waals surface area contributed by atoms with E-state index >= 15 is 0 Å². The van der Waals surface area contributed by atoms with Crippen LogP contribution in [-0.4, -0.2) is 25.0 Å². The SMILES string of the molecule is O=C(NCCCNC(=O)c1ccccc1F)Nc1ccc(Br)cc1. The summed E-state index contributed by atoms with van der Waals surface area (Å²) in [7, 11) is 0. The molecule has 0 radical (unpaired) electrons. The molecule has 3 amide bonds. The van der Waals surface area contributed by atoms with E-state index in [2.05, 4.69) is 31.9 Å². The molecule has 0 unspecified atom stereocenters. The molecule has 0 spiro atoms. The van der Waals surface area contributed by atoms with Crippen molar-refractivity contribution in [2.24, 2.45) is 0 Å². The fourth-order valence-electron chi connectivity index (χ4n) is 1.94. The predicted molar refractivity (Wildman–Crippen MR) is 94.5 cm³/mol. The molecule has 0 saturated heterocycles. The van der Waals surface area contributed by atoms with E-state index in [9.17, 15) is 14.0 Å². The zero-order chi connectivity index (χ0) is 17.4. The van der Waals surface area contributed by atoms with Crippen molar-refractivity contribution in [1.29, 1.82) is 0 Å². The van der Waals surface area contributed by atoms with Crippen molar-refractivity contribution in [3.8, 4) is 0 Å². The van der Waals surface area contributed by atoms with Gasteiger partial charge in [0, 0.05) is 23.2 Å². The number of anilines is 1. The molecule has 0 bridgehead atoms. The molecular formula is C17H17BrFN3O2. The molecule has 3 N–H and O–H groups in total. The third kappa shape index (κ3) is 5.66. The third-order valence-electron chi connectivity index (χ3n) is 3.15. The van der Waals surface area contributed by atoms with Crippen LogP contribution in [-0.2, 0) is 0 Å². The van der Waals surface area contributed by atoms with Gasteiger partial charge in [0.05, 0.1) is 5.56 Å². The lowest BCUT2D eigenvalue weighted by atomic mass is 10.2. The maximum atomic E-state index is 13.4. The Bertz CT molecular complexity index is 707. The van der Waals surface area contributed by atoms with Crippen molar-refractivity contribution in [1.82, 2.24) is 10.6 Å². The van der Waals surface area contributed by atoms with E-state index < -0.39 is 11.7 Å². The van der Waals surface area contributed by atoms with Gasteiger partial charge in [-0.2, -0.15) is 0 Å². The summed E-state index contributed by atoms with van der Waals surface area (Å²) >= 11 is 3.32. The van der Waals surface area contributed by atoms with Crippen LogP contribution in [0.2, 0.25) is 0 Å². The number of nitrogens with one attached hydrogen (secondary N) is 3. The summed E-state index contributed by atoms with van der Waals surface area (Å²) in [5, 5.41) is 7.99. The molecule has 0 heterocycles. The molecule has 5 nitrogen and oxygen atoms in total. The maximum absolute atomic E-state index is 13.4. The van der Waals surface area contributed by atoms with E-state index in [1.807, 2.05) is 12.1 Å². The molecular weight excluding hydrogens is 377 g/mol. The van der Waals surface area contributed by atoms with Gasteiger partial charge in [0.1, 0.15) is 5.82 Å². The topological polar surface area (TPSA) is 70.2 Å². The van der Waals surface area contributed by atoms with E-state index in [1.165, 1.54) is 18.2 Å². The molecule has 0 aromatic heterocycles. The first-order chi connectivity index (χ1) is 11.6. The second-order valence-electron chi connectivity index (χ2n) is 4.98. The number of rotatable bonds is 6. The number of urea groups is 1. The van der Waals surface area contributed by atoms with Crippen LogP contribution >= 0.6 is 15.9 Å². The number of halogens is 2. The number of carbonyl (C=O) groups excluding carboxylic acids is 2. The largest absolute Gasteiger partial charge is 0.352 e. The van der Waals surface area contributed by atoms with Crippen molar-refractivity contribution in [2.75, 3.05) is 18.4 Å². The standard InChI is InChI=1S/C17H17BrFN3O2/c18-12-6-8-13(9-7-12)22-17(24)21-11-3-10-20-16(23)14-4-1-2-5-15(14)19/h1-2,4-9H,3,10-11H2,(H,20,23)(H2,21,22,24). The van der Waals surface area contributed by atoms with Crippen LogP contribution in [0.4, 0.5) is 14.9 Å². The van der Waals surface area contributed by atoms with Crippen LogP contribution in [0.15, 0.2) is 53.0 Å². The fourth-order valence-corrected chi connectivity index (χ4v) is 2.21. The Hall–Kier alpha value is -2.41. The number of hydrogen-bond donors (Lipinski definition) is 3. The molecule has 0 aliphatic carbocycles. The Kier molecular flexibility index (Phi) is 6.74. The van der Waals surface area contributed by atoms with Crippen LogP contribution in [0, 0.1) is 5.82 Å². The van der Waals surface area contributed by atoms with Crippen LogP contribution in [0.5, 0.6) is 0 Å². The van der Waals surface area contributed by atoms with Crippen LogP contribution in [0.3, 0.4) is 0 Å². The van der Waals surface area contributed by atoms with Crippen molar-refractivity contribution < 1.29 is 14.0 Å². The second kappa shape index (κ2) is 9.02. The van der Waals surface area contributed by atoms with E-state index in [1.54, 1.807) is 18.2 Å². The molecule has 2 aromatic rings. The Morgan fingerprint density at radius 2 is 1.62 bits per heavy atom. The lowest BCUT2D eigenvalue weighted by molar-refractivity contribution is 0.0949. The van der Waals surface area contributed by atoms with Crippen LogP contribution in [0.25, 0.3) is 0 Å². The lowest BCUT2D eigenvalue weighted by Crippen LogP contribution is -2.32. The first-order valence-corrected chi connectivity index (χ1v) is 8.19. The minimum atomic E-state index is -0.554. The highest BCUT2D eigenvalue weighted by Crippen LogP contribution is 2.13. The number of amides is 3. The van der Waals surface area contributed by atoms with Crippen molar-refractivity contribution >= 4 is 33.6 Å². The highest BCUT2D eigenvalue weighted by molar-refractivity contribution is 9.10. The highest BCUT2D eigenvalue weighted by atomic mass is 79.9. The maximum Gasteiger partial charge on any atom is 0.319 e. The zero-order valence-electron chi connectivity index (χ0n) is 12.8. The highest BCUT2D eigenvalue weighted by Gasteiger charge is 2.09. The monoisotopic (exact) mass is 393 g/mol. The zero-order valence-corrected chi connectivity index (χ0v) is 14.4. The quantitative estimate of drug-likeness (QED) is 0.656. The lowest BCUT2D eigenvalue weighted by Gasteiger charge is -2.09. The van der Waals surface area contributed by atoms with Gasteiger partial charge in [-0.3, -0.25) is 4.79 Å². The average Bonchev–Trinajstić information content (AvgIpc) is 2.57. The van der Waals surface area contributed by atoms with Gasteiger partial charge in [0.25, 0.3) is 5.91 Å². The molecule has 0 fully saturated rings. The van der Waals surface area contributed by atoms with E-state index in [-0.39, 0.29) is 11.6 Å². The van der Waals surface area contributed by atoms with Crippen molar-refractivity contribution in [2.45, 2.75) is 6.42 Å². The Balaban J connectivity index is 1.64. The summed E-state index contributed by atoms with van der Waals surface area (Å²) in [6.07, 6.45) is 0.536. The van der Waals surface area contributed by atoms with Gasteiger partial charge >= 0.3 is 6.03 Å². The molecule has 7 heteroatoms. The Labute approximate surface area is 147 Å². The summed E-state index contributed by atoms with van der Waals surface area (Å²) in [4.78, 5) is 23.5. The van der Waals surface area contributed by atoms with E-state index in [4.69, 9.17) is 0 Å². The smallest absolute Gasteiger partial charge is 0.319 e. The summed E-state index contributed by atoms with van der Waals surface area (Å²) < 4.78 is 14.4. The van der Waals surface area contributed by atoms with Gasteiger partial charge in [-0.05, 0) is 42.8 Å². The van der Waals surface area contributed by atoms with Crippen molar-refractivity contribution in [3.63, 3.8) is 0 Å². The Morgan fingerprint density at radius 1 is 0.958 bits per heavy atom. The van der Waals surface area contributed by atoms with Crippen molar-refractivity contribution in [3.05, 3.63) is 64.4 Å². The summed E-state index contributed by atoms with van der Waals surface area (Å²) in [5.74, 6) is -1.02. The minimum Gasteiger partial charge on any atom is -0.352 e. The minimum absolute atomic E-state index is 0.0124. The molecule has 126 valence electrons. The summed E-state index contributed by atoms with van der Waals surface area (Å²) in [5.41, 5.74) is 0.696. The number of carbonyl (C=O) groups is 2. The van der Waals surface area contributed by atoms with Gasteiger partial charge in [-0.25, -0.2) is 9.18 Å². The molecule has 0 saturated carbocycles. The molecule has 24 heavy (non-hydrogen) atoms. The predicted octanol–water partition coefficient (Wildman–Crippen LogP) is 3.53. The van der Waals surface area contributed by atoms with Gasteiger partial charge < -0.3 is 16.0 Å². The van der Waals surface area contributed by atoms with E-state index in [0.717, 1.165) is 4.47 Å². The summed E-state index contributed by atoms with van der Waals surface area (Å²) in [6, 6.07) is 12.7.